The second-order valence-electron chi connectivity index (χ2n) is 4.68. The molecule has 0 saturated carbocycles. The Morgan fingerprint density at radius 2 is 2.17 bits per heavy atom. The number of nitrogen functional groups attached to an aromatic ring is 1. The highest BCUT2D eigenvalue weighted by Gasteiger charge is 2.24. The van der Waals surface area contributed by atoms with Crippen LogP contribution in [0.15, 0.2) is 24.3 Å². The van der Waals surface area contributed by atoms with Crippen molar-refractivity contribution in [3.63, 3.8) is 0 Å². The zero-order chi connectivity index (χ0) is 13.0. The summed E-state index contributed by atoms with van der Waals surface area (Å²) in [5, 5.41) is 8.57. The number of anilines is 1. The molecule has 0 bridgehead atoms. The van der Waals surface area contributed by atoms with Gasteiger partial charge in [-0.15, -0.1) is 0 Å². The number of rotatable bonds is 2. The van der Waals surface area contributed by atoms with Gasteiger partial charge in [-0.1, -0.05) is 12.1 Å². The van der Waals surface area contributed by atoms with Crippen LogP contribution in [0.1, 0.15) is 30.7 Å². The van der Waals surface area contributed by atoms with Gasteiger partial charge in [0, 0.05) is 24.7 Å². The summed E-state index contributed by atoms with van der Waals surface area (Å²) in [6, 6.07) is 9.76. The lowest BCUT2D eigenvalue weighted by Crippen LogP contribution is -2.38. The van der Waals surface area contributed by atoms with Gasteiger partial charge in [0.1, 0.15) is 6.42 Å². The van der Waals surface area contributed by atoms with Crippen LogP contribution in [0.3, 0.4) is 0 Å². The molecular formula is C14H17N3O. The van der Waals surface area contributed by atoms with Gasteiger partial charge in [-0.2, -0.15) is 5.26 Å². The number of hydrogen-bond donors (Lipinski definition) is 1. The normalized spacial score (nSPS) is 19.3. The molecule has 1 saturated heterocycles. The molecule has 1 aliphatic heterocycles. The molecule has 0 aliphatic carbocycles. The van der Waals surface area contributed by atoms with Gasteiger partial charge in [-0.3, -0.25) is 4.79 Å². The molecular weight excluding hydrogens is 226 g/mol. The molecule has 1 unspecified atom stereocenters. The predicted octanol–water partition coefficient (Wildman–Crippen LogP) is 1.89. The van der Waals surface area contributed by atoms with E-state index in [9.17, 15) is 4.79 Å². The maximum atomic E-state index is 11.7. The van der Waals surface area contributed by atoms with Crippen LogP contribution in [0.2, 0.25) is 0 Å². The Kier molecular flexibility index (Phi) is 3.83. The fourth-order valence-electron chi connectivity index (χ4n) is 2.42. The van der Waals surface area contributed by atoms with Gasteiger partial charge in [-0.05, 0) is 30.5 Å². The van der Waals surface area contributed by atoms with Crippen LogP contribution in [0.4, 0.5) is 5.69 Å². The molecule has 0 spiro atoms. The fraction of sp³-hybridized carbons (Fsp3) is 0.429. The van der Waals surface area contributed by atoms with E-state index in [0.717, 1.165) is 25.1 Å². The third-order valence-corrected chi connectivity index (χ3v) is 3.41. The molecule has 1 fully saturated rings. The topological polar surface area (TPSA) is 70.1 Å². The van der Waals surface area contributed by atoms with Crippen molar-refractivity contribution in [1.82, 2.24) is 4.90 Å². The molecule has 4 nitrogen and oxygen atoms in total. The number of nitrogens with two attached hydrogens (primary N) is 1. The van der Waals surface area contributed by atoms with Crippen LogP contribution < -0.4 is 5.73 Å². The molecule has 1 amide bonds. The number of hydrogen-bond acceptors (Lipinski definition) is 3. The van der Waals surface area contributed by atoms with Crippen LogP contribution >= 0.6 is 0 Å². The first kappa shape index (κ1) is 12.4. The average Bonchev–Trinajstić information content (AvgIpc) is 2.40. The zero-order valence-electron chi connectivity index (χ0n) is 10.3. The molecule has 94 valence electrons. The molecule has 2 N–H and O–H groups in total. The summed E-state index contributed by atoms with van der Waals surface area (Å²) in [5.74, 6) is 0.305. The van der Waals surface area contributed by atoms with E-state index < -0.39 is 0 Å². The maximum absolute atomic E-state index is 11.7. The summed E-state index contributed by atoms with van der Waals surface area (Å²) in [6.45, 7) is 1.48. The van der Waals surface area contributed by atoms with Crippen molar-refractivity contribution in [2.24, 2.45) is 0 Å². The Hall–Kier alpha value is -2.02. The molecule has 1 aromatic rings. The summed E-state index contributed by atoms with van der Waals surface area (Å²) >= 11 is 0. The van der Waals surface area contributed by atoms with Crippen LogP contribution in [-0.2, 0) is 4.79 Å². The summed E-state index contributed by atoms with van der Waals surface area (Å²) < 4.78 is 0. The van der Waals surface area contributed by atoms with E-state index in [1.807, 2.05) is 30.3 Å². The Bertz CT molecular complexity index is 461. The van der Waals surface area contributed by atoms with Gasteiger partial charge in [0.2, 0.25) is 5.91 Å². The minimum atomic E-state index is -0.0577. The predicted molar refractivity (Wildman–Crippen MR) is 69.6 cm³/mol. The number of piperidine rings is 1. The molecule has 18 heavy (non-hydrogen) atoms. The number of carbonyl (C=O) groups is 1. The third kappa shape index (κ3) is 2.80. The van der Waals surface area contributed by atoms with E-state index in [1.54, 1.807) is 4.90 Å². The van der Waals surface area contributed by atoms with Gasteiger partial charge in [0.05, 0.1) is 6.07 Å². The molecule has 1 heterocycles. The third-order valence-electron chi connectivity index (χ3n) is 3.41. The van der Waals surface area contributed by atoms with Gasteiger partial charge in [0.15, 0.2) is 0 Å². The lowest BCUT2D eigenvalue weighted by atomic mass is 9.90. The smallest absolute Gasteiger partial charge is 0.236 e. The van der Waals surface area contributed by atoms with Crippen molar-refractivity contribution in [3.8, 4) is 6.07 Å². The molecule has 4 heteroatoms. The van der Waals surface area contributed by atoms with Crippen molar-refractivity contribution in [1.29, 1.82) is 5.26 Å². The number of carbonyl (C=O) groups excluding carboxylic acids is 1. The minimum Gasteiger partial charge on any atom is -0.399 e. The van der Waals surface area contributed by atoms with Gasteiger partial charge < -0.3 is 10.6 Å². The van der Waals surface area contributed by atoms with Gasteiger partial charge >= 0.3 is 0 Å². The lowest BCUT2D eigenvalue weighted by Gasteiger charge is -2.32. The second kappa shape index (κ2) is 5.54. The van der Waals surface area contributed by atoms with Crippen molar-refractivity contribution in [2.45, 2.75) is 25.2 Å². The highest BCUT2D eigenvalue weighted by molar-refractivity contribution is 5.78. The Morgan fingerprint density at radius 3 is 2.83 bits per heavy atom. The standard InChI is InChI=1S/C14H17N3O/c15-8-7-14(18)17-9-1-2-12(10-17)11-3-5-13(16)6-4-11/h3-6,12H,1-2,7,9-10,16H2. The molecule has 1 atom stereocenters. The van der Waals surface area contributed by atoms with E-state index in [2.05, 4.69) is 0 Å². The summed E-state index contributed by atoms with van der Waals surface area (Å²) in [4.78, 5) is 13.5. The molecule has 2 rings (SSSR count). The first-order chi connectivity index (χ1) is 8.70. The lowest BCUT2D eigenvalue weighted by molar-refractivity contribution is -0.131. The van der Waals surface area contributed by atoms with Crippen molar-refractivity contribution in [3.05, 3.63) is 29.8 Å². The average molecular weight is 243 g/mol. The number of nitrogens with zero attached hydrogens (tertiary/aromatic N) is 2. The summed E-state index contributed by atoms with van der Waals surface area (Å²) in [5.41, 5.74) is 7.65. The van der Waals surface area contributed by atoms with Crippen LogP contribution in [0.25, 0.3) is 0 Å². The maximum Gasteiger partial charge on any atom is 0.236 e. The number of likely N-dealkylation sites (tertiary alicyclic amines) is 1. The van der Waals surface area contributed by atoms with Crippen LogP contribution in [0.5, 0.6) is 0 Å². The Morgan fingerprint density at radius 1 is 1.44 bits per heavy atom. The molecule has 0 radical (unpaired) electrons. The van der Waals surface area contributed by atoms with Crippen molar-refractivity contribution >= 4 is 11.6 Å². The van der Waals surface area contributed by atoms with E-state index >= 15 is 0 Å². The minimum absolute atomic E-state index is 0.0194. The van der Waals surface area contributed by atoms with E-state index in [1.165, 1.54) is 5.56 Å². The molecule has 1 aromatic carbocycles. The van der Waals surface area contributed by atoms with E-state index in [0.29, 0.717) is 12.5 Å². The quantitative estimate of drug-likeness (QED) is 0.806. The van der Waals surface area contributed by atoms with Gasteiger partial charge in [-0.25, -0.2) is 0 Å². The summed E-state index contributed by atoms with van der Waals surface area (Å²) in [7, 11) is 0. The molecule has 1 aliphatic rings. The Labute approximate surface area is 107 Å². The SMILES string of the molecule is N#CCC(=O)N1CCCC(c2ccc(N)cc2)C1. The fourth-order valence-corrected chi connectivity index (χ4v) is 2.42. The number of amides is 1. The van der Waals surface area contributed by atoms with Crippen molar-refractivity contribution < 1.29 is 4.79 Å². The monoisotopic (exact) mass is 243 g/mol. The van der Waals surface area contributed by atoms with E-state index in [-0.39, 0.29) is 12.3 Å². The van der Waals surface area contributed by atoms with Crippen molar-refractivity contribution in [2.75, 3.05) is 18.8 Å². The first-order valence-corrected chi connectivity index (χ1v) is 6.21. The van der Waals surface area contributed by atoms with Crippen LogP contribution in [-0.4, -0.2) is 23.9 Å². The Balaban J connectivity index is 2.05. The first-order valence-electron chi connectivity index (χ1n) is 6.21. The van der Waals surface area contributed by atoms with Crippen LogP contribution in [0, 0.1) is 11.3 Å². The van der Waals surface area contributed by atoms with E-state index in [4.69, 9.17) is 11.0 Å². The highest BCUT2D eigenvalue weighted by atomic mass is 16.2. The largest absolute Gasteiger partial charge is 0.399 e. The molecule has 0 aromatic heterocycles. The number of nitriles is 1. The second-order valence-corrected chi connectivity index (χ2v) is 4.68. The number of benzene rings is 1. The highest BCUT2D eigenvalue weighted by Crippen LogP contribution is 2.27. The zero-order valence-corrected chi connectivity index (χ0v) is 10.3. The summed E-state index contributed by atoms with van der Waals surface area (Å²) in [6.07, 6.45) is 2.06. The van der Waals surface area contributed by atoms with Gasteiger partial charge in [0.25, 0.3) is 0 Å².